The Balaban J connectivity index is 1.72. The molecule has 0 bridgehead atoms. The van der Waals surface area contributed by atoms with E-state index in [1.807, 2.05) is 0 Å². The first-order chi connectivity index (χ1) is 10.3. The molecule has 0 spiro atoms. The maximum absolute atomic E-state index is 4.93. The van der Waals surface area contributed by atoms with Crippen molar-refractivity contribution in [1.29, 1.82) is 0 Å². The average Bonchev–Trinajstić information content (AvgIpc) is 3.39. The van der Waals surface area contributed by atoms with Crippen LogP contribution in [0.1, 0.15) is 31.5 Å². The third-order valence-electron chi connectivity index (χ3n) is 4.66. The predicted molar refractivity (Wildman–Crippen MR) is 85.8 cm³/mol. The van der Waals surface area contributed by atoms with E-state index in [1.54, 1.807) is 0 Å². The van der Waals surface area contributed by atoms with Gasteiger partial charge in [0.25, 0.3) is 0 Å². The van der Waals surface area contributed by atoms with Crippen LogP contribution in [0, 0.1) is 0 Å². The van der Waals surface area contributed by atoms with E-state index >= 15 is 0 Å². The molecule has 0 atom stereocenters. The number of fused-ring (bicyclic) bond motifs is 1. The van der Waals surface area contributed by atoms with Crippen LogP contribution in [-0.2, 0) is 0 Å². The van der Waals surface area contributed by atoms with Crippen LogP contribution in [-0.4, -0.2) is 47.6 Å². The van der Waals surface area contributed by atoms with Gasteiger partial charge in [-0.15, -0.1) is 0 Å². The number of hydrogen-bond acceptors (Lipinski definition) is 4. The lowest BCUT2D eigenvalue weighted by atomic mass is 10.2. The van der Waals surface area contributed by atoms with Gasteiger partial charge in [0, 0.05) is 37.5 Å². The van der Waals surface area contributed by atoms with Crippen LogP contribution in [0.3, 0.4) is 0 Å². The molecule has 2 fully saturated rings. The minimum atomic E-state index is 0.602. The predicted octanol–water partition coefficient (Wildman–Crippen LogP) is 2.65. The number of nitrogens with zero attached hydrogens (tertiary/aromatic N) is 4. The fourth-order valence-electron chi connectivity index (χ4n) is 3.12. The van der Waals surface area contributed by atoms with E-state index in [4.69, 9.17) is 9.97 Å². The van der Waals surface area contributed by atoms with Crippen LogP contribution in [0.2, 0.25) is 0 Å². The molecule has 0 radical (unpaired) electrons. The summed E-state index contributed by atoms with van der Waals surface area (Å²) in [5.41, 5.74) is 1.10. The number of para-hydroxylation sites is 1. The molecule has 21 heavy (non-hydrogen) atoms. The third kappa shape index (κ3) is 2.48. The van der Waals surface area contributed by atoms with E-state index in [0.29, 0.717) is 5.92 Å². The molecule has 1 aliphatic heterocycles. The van der Waals surface area contributed by atoms with Gasteiger partial charge in [-0.25, -0.2) is 9.97 Å². The molecule has 1 saturated carbocycles. The Labute approximate surface area is 125 Å². The highest BCUT2D eigenvalue weighted by atomic mass is 15.3. The second-order valence-electron chi connectivity index (χ2n) is 6.12. The summed E-state index contributed by atoms with van der Waals surface area (Å²) in [4.78, 5) is 14.7. The summed E-state index contributed by atoms with van der Waals surface area (Å²) in [5.74, 6) is 2.81. The molecular formula is C17H22N4. The first-order valence-electron chi connectivity index (χ1n) is 8.09. The molecule has 0 amide bonds. The minimum absolute atomic E-state index is 0.602. The summed E-state index contributed by atoms with van der Waals surface area (Å²) in [6.07, 6.45) is 2.50. The number of anilines is 1. The van der Waals surface area contributed by atoms with Crippen LogP contribution in [0.25, 0.3) is 10.9 Å². The van der Waals surface area contributed by atoms with Gasteiger partial charge in [-0.05, 0) is 31.5 Å². The topological polar surface area (TPSA) is 32.3 Å². The molecule has 110 valence electrons. The number of benzene rings is 1. The number of piperazine rings is 1. The molecule has 1 aromatic carbocycles. The second-order valence-corrected chi connectivity index (χ2v) is 6.12. The molecule has 1 aliphatic carbocycles. The molecule has 2 aromatic rings. The highest BCUT2D eigenvalue weighted by molar-refractivity contribution is 5.89. The van der Waals surface area contributed by atoms with Gasteiger partial charge in [0.15, 0.2) is 0 Å². The van der Waals surface area contributed by atoms with Crippen molar-refractivity contribution in [2.24, 2.45) is 0 Å². The van der Waals surface area contributed by atoms with Crippen LogP contribution < -0.4 is 4.90 Å². The van der Waals surface area contributed by atoms with Crippen LogP contribution >= 0.6 is 0 Å². The zero-order valence-electron chi connectivity index (χ0n) is 12.6. The van der Waals surface area contributed by atoms with Crippen molar-refractivity contribution in [3.05, 3.63) is 30.1 Å². The molecular weight excluding hydrogens is 260 g/mol. The van der Waals surface area contributed by atoms with Gasteiger partial charge in [-0.2, -0.15) is 0 Å². The number of hydrogen-bond donors (Lipinski definition) is 0. The van der Waals surface area contributed by atoms with Crippen molar-refractivity contribution >= 4 is 16.7 Å². The van der Waals surface area contributed by atoms with Crippen LogP contribution in [0.5, 0.6) is 0 Å². The zero-order valence-corrected chi connectivity index (χ0v) is 12.6. The van der Waals surface area contributed by atoms with Gasteiger partial charge < -0.3 is 9.80 Å². The lowest BCUT2D eigenvalue weighted by molar-refractivity contribution is 0.270. The summed E-state index contributed by atoms with van der Waals surface area (Å²) in [5, 5.41) is 1.20. The average molecular weight is 282 g/mol. The monoisotopic (exact) mass is 282 g/mol. The van der Waals surface area contributed by atoms with Gasteiger partial charge in [0.1, 0.15) is 11.6 Å². The molecule has 4 rings (SSSR count). The van der Waals surface area contributed by atoms with E-state index in [-0.39, 0.29) is 0 Å². The molecule has 2 heterocycles. The largest absolute Gasteiger partial charge is 0.353 e. The maximum Gasteiger partial charge on any atom is 0.140 e. The standard InChI is InChI=1S/C17H22N4/c1-2-20-9-11-21(12-10-20)17-14-5-3-4-6-15(14)18-16(19-17)13-7-8-13/h3-6,13H,2,7-12H2,1H3. The number of rotatable bonds is 3. The van der Waals surface area contributed by atoms with Crippen molar-refractivity contribution in [3.8, 4) is 0 Å². The Morgan fingerprint density at radius 1 is 1.05 bits per heavy atom. The highest BCUT2D eigenvalue weighted by Crippen LogP contribution is 2.39. The highest BCUT2D eigenvalue weighted by Gasteiger charge is 2.28. The Hall–Kier alpha value is -1.68. The first kappa shape index (κ1) is 13.0. The van der Waals surface area contributed by atoms with Crippen molar-refractivity contribution in [1.82, 2.24) is 14.9 Å². The van der Waals surface area contributed by atoms with Crippen LogP contribution in [0.15, 0.2) is 24.3 Å². The number of aromatic nitrogens is 2. The van der Waals surface area contributed by atoms with Crippen molar-refractivity contribution in [2.45, 2.75) is 25.7 Å². The summed E-state index contributed by atoms with van der Waals surface area (Å²) >= 11 is 0. The SMILES string of the molecule is CCN1CCN(c2nc(C3CC3)nc3ccccc23)CC1. The van der Waals surface area contributed by atoms with Crippen molar-refractivity contribution < 1.29 is 0 Å². The lowest BCUT2D eigenvalue weighted by Crippen LogP contribution is -2.46. The third-order valence-corrected chi connectivity index (χ3v) is 4.66. The summed E-state index contributed by atoms with van der Waals surface area (Å²) in [7, 11) is 0. The summed E-state index contributed by atoms with van der Waals surface area (Å²) in [6.45, 7) is 7.78. The summed E-state index contributed by atoms with van der Waals surface area (Å²) < 4.78 is 0. The fraction of sp³-hybridized carbons (Fsp3) is 0.529. The van der Waals surface area contributed by atoms with E-state index < -0.39 is 0 Å². The van der Waals surface area contributed by atoms with Gasteiger partial charge in [0.2, 0.25) is 0 Å². The fourth-order valence-corrected chi connectivity index (χ4v) is 3.12. The van der Waals surface area contributed by atoms with E-state index in [1.165, 1.54) is 18.2 Å². The van der Waals surface area contributed by atoms with Gasteiger partial charge in [0.05, 0.1) is 5.52 Å². The smallest absolute Gasteiger partial charge is 0.140 e. The normalized spacial score (nSPS) is 20.1. The molecule has 1 aromatic heterocycles. The summed E-state index contributed by atoms with van der Waals surface area (Å²) in [6, 6.07) is 8.45. The van der Waals surface area contributed by atoms with E-state index in [9.17, 15) is 0 Å². The molecule has 2 aliphatic rings. The van der Waals surface area contributed by atoms with Crippen molar-refractivity contribution in [3.63, 3.8) is 0 Å². The lowest BCUT2D eigenvalue weighted by Gasteiger charge is -2.35. The number of likely N-dealkylation sites (N-methyl/N-ethyl adjacent to an activating group) is 1. The molecule has 0 N–H and O–H groups in total. The van der Waals surface area contributed by atoms with Gasteiger partial charge in [-0.3, -0.25) is 0 Å². The quantitative estimate of drug-likeness (QED) is 0.866. The molecule has 0 unspecified atom stereocenters. The molecule has 1 saturated heterocycles. The Bertz CT molecular complexity index is 642. The van der Waals surface area contributed by atoms with E-state index in [0.717, 1.165) is 49.9 Å². The molecule has 4 nitrogen and oxygen atoms in total. The Morgan fingerprint density at radius 3 is 2.52 bits per heavy atom. The Kier molecular flexibility index (Phi) is 3.26. The van der Waals surface area contributed by atoms with Crippen molar-refractivity contribution in [2.75, 3.05) is 37.6 Å². The van der Waals surface area contributed by atoms with Gasteiger partial charge in [-0.1, -0.05) is 19.1 Å². The zero-order chi connectivity index (χ0) is 14.2. The van der Waals surface area contributed by atoms with E-state index in [2.05, 4.69) is 41.0 Å². The maximum atomic E-state index is 4.93. The van der Waals surface area contributed by atoms with Gasteiger partial charge >= 0.3 is 0 Å². The Morgan fingerprint density at radius 2 is 1.81 bits per heavy atom. The van der Waals surface area contributed by atoms with Crippen LogP contribution in [0.4, 0.5) is 5.82 Å². The molecule has 4 heteroatoms. The second kappa shape index (κ2) is 5.26. The minimum Gasteiger partial charge on any atom is -0.353 e. The first-order valence-corrected chi connectivity index (χ1v) is 8.09.